The lowest BCUT2D eigenvalue weighted by Crippen LogP contribution is -2.01. The highest BCUT2D eigenvalue weighted by Crippen LogP contribution is 2.25. The molecule has 2 aromatic carbocycles. The number of nitro groups is 1. The van der Waals surface area contributed by atoms with Crippen LogP contribution in [-0.4, -0.2) is 10.0 Å². The van der Waals surface area contributed by atoms with Gasteiger partial charge in [0.05, 0.1) is 17.1 Å². The highest BCUT2D eigenvalue weighted by Gasteiger charge is 2.14. The molecule has 104 valence electrons. The lowest BCUT2D eigenvalue weighted by molar-refractivity contribution is -0.385. The van der Waals surface area contributed by atoms with Gasteiger partial charge in [0.2, 0.25) is 0 Å². The predicted octanol–water partition coefficient (Wildman–Crippen LogP) is 3.43. The second kappa shape index (κ2) is 6.49. The van der Waals surface area contributed by atoms with Crippen molar-refractivity contribution < 1.29 is 14.8 Å². The number of rotatable bonds is 5. The number of aliphatic hydroxyl groups is 1. The molecular formula is C14H12BrNO4. The number of nitrogens with zero attached hydrogens (tertiary/aromatic N) is 1. The summed E-state index contributed by atoms with van der Waals surface area (Å²) in [6.45, 7) is 0.0219. The highest BCUT2D eigenvalue weighted by atomic mass is 79.9. The van der Waals surface area contributed by atoms with Gasteiger partial charge in [0, 0.05) is 10.5 Å². The van der Waals surface area contributed by atoms with Crippen LogP contribution in [0.4, 0.5) is 5.69 Å². The van der Waals surface area contributed by atoms with Crippen molar-refractivity contribution in [3.05, 3.63) is 68.2 Å². The summed E-state index contributed by atoms with van der Waals surface area (Å²) in [7, 11) is 0. The Kier molecular flexibility index (Phi) is 4.70. The zero-order valence-corrected chi connectivity index (χ0v) is 12.0. The van der Waals surface area contributed by atoms with Gasteiger partial charge < -0.3 is 9.84 Å². The minimum atomic E-state index is -0.437. The van der Waals surface area contributed by atoms with Crippen molar-refractivity contribution in [2.24, 2.45) is 0 Å². The normalized spacial score (nSPS) is 10.3. The van der Waals surface area contributed by atoms with E-state index in [4.69, 9.17) is 9.84 Å². The molecular weight excluding hydrogens is 326 g/mol. The van der Waals surface area contributed by atoms with Gasteiger partial charge in [-0.1, -0.05) is 28.1 Å². The molecule has 6 heteroatoms. The molecule has 2 aromatic rings. The van der Waals surface area contributed by atoms with Crippen LogP contribution in [0.3, 0.4) is 0 Å². The molecule has 0 aromatic heterocycles. The molecule has 0 aliphatic carbocycles. The first kappa shape index (κ1) is 14.5. The summed E-state index contributed by atoms with van der Waals surface area (Å²) in [6.07, 6.45) is 0. The van der Waals surface area contributed by atoms with E-state index >= 15 is 0 Å². The lowest BCUT2D eigenvalue weighted by atomic mass is 10.2. The third kappa shape index (κ3) is 3.55. The van der Waals surface area contributed by atoms with E-state index in [1.54, 1.807) is 36.4 Å². The molecule has 0 unspecified atom stereocenters. The Balaban J connectivity index is 2.16. The van der Waals surface area contributed by atoms with Gasteiger partial charge in [-0.3, -0.25) is 10.1 Å². The van der Waals surface area contributed by atoms with Gasteiger partial charge in [0.1, 0.15) is 12.4 Å². The molecule has 0 amide bonds. The minimum absolute atomic E-state index is 0.0117. The van der Waals surface area contributed by atoms with Gasteiger partial charge in [0.25, 0.3) is 5.69 Å². The topological polar surface area (TPSA) is 72.6 Å². The van der Waals surface area contributed by atoms with Crippen molar-refractivity contribution in [3.63, 3.8) is 0 Å². The van der Waals surface area contributed by atoms with E-state index in [0.717, 1.165) is 5.56 Å². The van der Waals surface area contributed by atoms with E-state index in [9.17, 15) is 10.1 Å². The Bertz CT molecular complexity index is 630. The van der Waals surface area contributed by atoms with E-state index < -0.39 is 4.92 Å². The standard InChI is InChI=1S/C14H12BrNO4/c15-12-5-4-11(14(7-12)16(18)19)9-20-13-3-1-2-10(6-13)8-17/h1-7,17H,8-9H2. The van der Waals surface area contributed by atoms with Crippen LogP contribution >= 0.6 is 15.9 Å². The first-order chi connectivity index (χ1) is 9.60. The molecule has 2 rings (SSSR count). The Hall–Kier alpha value is -1.92. The number of hydrogen-bond acceptors (Lipinski definition) is 4. The summed E-state index contributed by atoms with van der Waals surface area (Å²) >= 11 is 3.21. The molecule has 0 bridgehead atoms. The molecule has 1 N–H and O–H groups in total. The zero-order chi connectivity index (χ0) is 14.5. The first-order valence-electron chi connectivity index (χ1n) is 5.85. The minimum Gasteiger partial charge on any atom is -0.489 e. The summed E-state index contributed by atoms with van der Waals surface area (Å²) in [6, 6.07) is 11.8. The quantitative estimate of drug-likeness (QED) is 0.670. The van der Waals surface area contributed by atoms with Gasteiger partial charge in [0.15, 0.2) is 0 Å². The van der Waals surface area contributed by atoms with Gasteiger partial charge >= 0.3 is 0 Å². The predicted molar refractivity (Wildman–Crippen MR) is 77.5 cm³/mol. The van der Waals surface area contributed by atoms with E-state index in [1.165, 1.54) is 6.07 Å². The van der Waals surface area contributed by atoms with Gasteiger partial charge in [-0.25, -0.2) is 0 Å². The van der Waals surface area contributed by atoms with Crippen LogP contribution in [0.2, 0.25) is 0 Å². The van der Waals surface area contributed by atoms with Crippen LogP contribution in [0.5, 0.6) is 5.75 Å². The van der Waals surface area contributed by atoms with Crippen molar-refractivity contribution in [2.75, 3.05) is 0 Å². The molecule has 0 saturated heterocycles. The average Bonchev–Trinajstić information content (AvgIpc) is 2.46. The van der Waals surface area contributed by atoms with Crippen LogP contribution in [-0.2, 0) is 13.2 Å². The number of halogens is 1. The monoisotopic (exact) mass is 337 g/mol. The zero-order valence-electron chi connectivity index (χ0n) is 10.5. The van der Waals surface area contributed by atoms with E-state index in [1.807, 2.05) is 0 Å². The SMILES string of the molecule is O=[N+]([O-])c1cc(Br)ccc1COc1cccc(CO)c1. The molecule has 5 nitrogen and oxygen atoms in total. The van der Waals surface area contributed by atoms with Crippen molar-refractivity contribution in [3.8, 4) is 5.75 Å². The molecule has 20 heavy (non-hydrogen) atoms. The van der Waals surface area contributed by atoms with Crippen LogP contribution in [0.25, 0.3) is 0 Å². The maximum absolute atomic E-state index is 11.0. The van der Waals surface area contributed by atoms with Gasteiger partial charge in [-0.15, -0.1) is 0 Å². The fourth-order valence-corrected chi connectivity index (χ4v) is 2.07. The summed E-state index contributed by atoms with van der Waals surface area (Å²) in [5, 5.41) is 20.0. The van der Waals surface area contributed by atoms with Gasteiger partial charge in [-0.05, 0) is 29.8 Å². The van der Waals surface area contributed by atoms with Crippen LogP contribution in [0.1, 0.15) is 11.1 Å². The molecule has 0 saturated carbocycles. The smallest absolute Gasteiger partial charge is 0.277 e. The van der Waals surface area contributed by atoms with E-state index in [2.05, 4.69) is 15.9 Å². The lowest BCUT2D eigenvalue weighted by Gasteiger charge is -2.08. The van der Waals surface area contributed by atoms with Crippen LogP contribution in [0, 0.1) is 10.1 Å². The van der Waals surface area contributed by atoms with E-state index in [-0.39, 0.29) is 18.9 Å². The molecule has 0 aliphatic heterocycles. The van der Waals surface area contributed by atoms with E-state index in [0.29, 0.717) is 15.8 Å². The molecule has 0 spiro atoms. The largest absolute Gasteiger partial charge is 0.489 e. The number of ether oxygens (including phenoxy) is 1. The van der Waals surface area contributed by atoms with Crippen molar-refractivity contribution in [2.45, 2.75) is 13.2 Å². The summed E-state index contributed by atoms with van der Waals surface area (Å²) in [4.78, 5) is 10.5. The Morgan fingerprint density at radius 3 is 2.75 bits per heavy atom. The highest BCUT2D eigenvalue weighted by molar-refractivity contribution is 9.10. The number of aliphatic hydroxyl groups excluding tert-OH is 1. The number of nitro benzene ring substituents is 1. The Morgan fingerprint density at radius 2 is 2.05 bits per heavy atom. The average molecular weight is 338 g/mol. The second-order valence-corrected chi connectivity index (χ2v) is 5.04. The Morgan fingerprint density at radius 1 is 1.25 bits per heavy atom. The molecule has 0 aliphatic rings. The van der Waals surface area contributed by atoms with Gasteiger partial charge in [-0.2, -0.15) is 0 Å². The third-order valence-electron chi connectivity index (χ3n) is 2.72. The Labute approximate surface area is 124 Å². The molecule has 0 fully saturated rings. The van der Waals surface area contributed by atoms with Crippen molar-refractivity contribution in [1.82, 2.24) is 0 Å². The number of benzene rings is 2. The molecule has 0 radical (unpaired) electrons. The number of hydrogen-bond donors (Lipinski definition) is 1. The fourth-order valence-electron chi connectivity index (χ4n) is 1.72. The summed E-state index contributed by atoms with van der Waals surface area (Å²) in [5.41, 5.74) is 1.23. The fraction of sp³-hybridized carbons (Fsp3) is 0.143. The summed E-state index contributed by atoms with van der Waals surface area (Å²) in [5.74, 6) is 0.564. The molecule has 0 atom stereocenters. The van der Waals surface area contributed by atoms with Crippen molar-refractivity contribution >= 4 is 21.6 Å². The maximum atomic E-state index is 11.0. The molecule has 0 heterocycles. The maximum Gasteiger partial charge on any atom is 0.277 e. The van der Waals surface area contributed by atoms with Crippen molar-refractivity contribution in [1.29, 1.82) is 0 Å². The third-order valence-corrected chi connectivity index (χ3v) is 3.21. The second-order valence-electron chi connectivity index (χ2n) is 4.12. The van der Waals surface area contributed by atoms with Crippen LogP contribution < -0.4 is 4.74 Å². The van der Waals surface area contributed by atoms with Crippen LogP contribution in [0.15, 0.2) is 46.9 Å². The summed E-state index contributed by atoms with van der Waals surface area (Å²) < 4.78 is 6.18. The first-order valence-corrected chi connectivity index (χ1v) is 6.65.